The minimum atomic E-state index is -3.45. The van der Waals surface area contributed by atoms with E-state index in [-0.39, 0.29) is 6.04 Å². The van der Waals surface area contributed by atoms with Crippen LogP contribution in [0, 0.1) is 5.92 Å². The minimum Gasteiger partial charge on any atom is -0.313 e. The van der Waals surface area contributed by atoms with Crippen LogP contribution in [0.4, 0.5) is 0 Å². The molecule has 1 aliphatic carbocycles. The minimum absolute atomic E-state index is 0.0586. The predicted octanol–water partition coefficient (Wildman–Crippen LogP) is 2.98. The van der Waals surface area contributed by atoms with E-state index < -0.39 is 10.0 Å². The molecular formula is C15H23BrN2O2S. The third kappa shape index (κ3) is 3.86. The number of halogens is 1. The van der Waals surface area contributed by atoms with E-state index in [2.05, 4.69) is 21.2 Å². The molecule has 1 unspecified atom stereocenters. The summed E-state index contributed by atoms with van der Waals surface area (Å²) in [7, 11) is -1.77. The number of rotatable bonds is 7. The zero-order valence-corrected chi connectivity index (χ0v) is 15.2. The van der Waals surface area contributed by atoms with Crippen LogP contribution in [-0.2, 0) is 16.6 Å². The highest BCUT2D eigenvalue weighted by atomic mass is 79.9. The second kappa shape index (κ2) is 6.77. The maximum atomic E-state index is 12.7. The molecule has 1 atom stereocenters. The molecule has 0 saturated heterocycles. The quantitative estimate of drug-likeness (QED) is 0.797. The first kappa shape index (κ1) is 16.9. The predicted molar refractivity (Wildman–Crippen MR) is 88.7 cm³/mol. The first-order valence-electron chi connectivity index (χ1n) is 7.35. The van der Waals surface area contributed by atoms with Crippen molar-refractivity contribution in [2.45, 2.75) is 44.2 Å². The molecule has 1 fully saturated rings. The Morgan fingerprint density at radius 3 is 2.62 bits per heavy atom. The van der Waals surface area contributed by atoms with Gasteiger partial charge in [0.15, 0.2) is 0 Å². The maximum Gasteiger partial charge on any atom is 0.244 e. The lowest BCUT2D eigenvalue weighted by molar-refractivity contribution is 0.357. The summed E-state index contributed by atoms with van der Waals surface area (Å²) in [5.41, 5.74) is 1.07. The van der Waals surface area contributed by atoms with Crippen molar-refractivity contribution in [3.05, 3.63) is 28.2 Å². The van der Waals surface area contributed by atoms with E-state index >= 15 is 0 Å². The summed E-state index contributed by atoms with van der Waals surface area (Å²) in [5, 5.41) is 3.23. The Morgan fingerprint density at radius 1 is 1.43 bits per heavy atom. The number of hydrogen-bond donors (Lipinski definition) is 1. The van der Waals surface area contributed by atoms with Gasteiger partial charge in [-0.2, -0.15) is 4.31 Å². The lowest BCUT2D eigenvalue weighted by Crippen LogP contribution is -2.36. The van der Waals surface area contributed by atoms with E-state index in [4.69, 9.17) is 0 Å². The Balaban J connectivity index is 2.23. The van der Waals surface area contributed by atoms with Gasteiger partial charge in [0, 0.05) is 24.1 Å². The molecule has 1 saturated carbocycles. The van der Waals surface area contributed by atoms with E-state index in [0.717, 1.165) is 31.5 Å². The summed E-state index contributed by atoms with van der Waals surface area (Å²) in [6, 6.07) is 5.51. The highest BCUT2D eigenvalue weighted by molar-refractivity contribution is 9.10. The van der Waals surface area contributed by atoms with Gasteiger partial charge >= 0.3 is 0 Å². The highest BCUT2D eigenvalue weighted by Crippen LogP contribution is 2.37. The van der Waals surface area contributed by atoms with Gasteiger partial charge in [-0.3, -0.25) is 0 Å². The fourth-order valence-corrected chi connectivity index (χ4v) is 4.89. The van der Waals surface area contributed by atoms with Crippen LogP contribution < -0.4 is 5.32 Å². The number of benzene rings is 1. The Bertz CT molecular complexity index is 600. The molecule has 2 rings (SSSR count). The molecule has 0 amide bonds. The molecule has 1 aliphatic rings. The van der Waals surface area contributed by atoms with Crippen LogP contribution in [0.3, 0.4) is 0 Å². The highest BCUT2D eigenvalue weighted by Gasteiger charge is 2.36. The van der Waals surface area contributed by atoms with Crippen molar-refractivity contribution >= 4 is 26.0 Å². The van der Waals surface area contributed by atoms with Crippen molar-refractivity contribution in [2.75, 3.05) is 13.6 Å². The van der Waals surface area contributed by atoms with E-state index in [1.54, 1.807) is 13.1 Å². The van der Waals surface area contributed by atoms with Gasteiger partial charge in [-0.1, -0.05) is 13.0 Å². The van der Waals surface area contributed by atoms with Crippen molar-refractivity contribution in [1.29, 1.82) is 0 Å². The van der Waals surface area contributed by atoms with Crippen LogP contribution in [0.25, 0.3) is 0 Å². The van der Waals surface area contributed by atoms with Crippen molar-refractivity contribution in [1.82, 2.24) is 9.62 Å². The fraction of sp³-hybridized carbons (Fsp3) is 0.600. The van der Waals surface area contributed by atoms with Crippen LogP contribution >= 0.6 is 15.9 Å². The lowest BCUT2D eigenvalue weighted by atomic mass is 10.2. The zero-order chi connectivity index (χ0) is 15.6. The molecule has 4 nitrogen and oxygen atoms in total. The largest absolute Gasteiger partial charge is 0.313 e. The number of hydrogen-bond acceptors (Lipinski definition) is 3. The Labute approximate surface area is 136 Å². The smallest absolute Gasteiger partial charge is 0.244 e. The maximum absolute atomic E-state index is 12.7. The Hall–Kier alpha value is -0.430. The normalized spacial score (nSPS) is 17.2. The molecule has 0 bridgehead atoms. The molecule has 1 aromatic rings. The third-order valence-electron chi connectivity index (χ3n) is 4.11. The lowest BCUT2D eigenvalue weighted by Gasteiger charge is -2.24. The molecular weight excluding hydrogens is 352 g/mol. The van der Waals surface area contributed by atoms with Gasteiger partial charge in [0.05, 0.1) is 4.90 Å². The monoisotopic (exact) mass is 374 g/mol. The zero-order valence-electron chi connectivity index (χ0n) is 12.8. The molecule has 0 spiro atoms. The molecule has 6 heteroatoms. The standard InChI is InChI=1S/C15H23BrN2O2S/c1-4-17-10-12-5-8-15(14(16)9-12)21(19,20)18(3)11(2)13-6-7-13/h5,8-9,11,13,17H,4,6-7,10H2,1-3H3. The topological polar surface area (TPSA) is 49.4 Å². The van der Waals surface area contributed by atoms with Crippen LogP contribution in [-0.4, -0.2) is 32.4 Å². The fourth-order valence-electron chi connectivity index (χ4n) is 2.38. The van der Waals surface area contributed by atoms with E-state index in [1.165, 1.54) is 4.31 Å². The third-order valence-corrected chi connectivity index (χ3v) is 7.03. The molecule has 0 aromatic heterocycles. The van der Waals surface area contributed by atoms with Crippen LogP contribution in [0.5, 0.6) is 0 Å². The van der Waals surface area contributed by atoms with E-state index in [9.17, 15) is 8.42 Å². The summed E-state index contributed by atoms with van der Waals surface area (Å²) < 4.78 is 27.6. The van der Waals surface area contributed by atoms with Crippen LogP contribution in [0.15, 0.2) is 27.6 Å². The van der Waals surface area contributed by atoms with Gasteiger partial charge in [-0.05, 0) is 65.9 Å². The SMILES string of the molecule is CCNCc1ccc(S(=O)(=O)N(C)C(C)C2CC2)c(Br)c1. The molecule has 1 N–H and O–H groups in total. The summed E-state index contributed by atoms with van der Waals surface area (Å²) in [4.78, 5) is 0.345. The molecule has 1 aromatic carbocycles. The van der Waals surface area contributed by atoms with Crippen molar-refractivity contribution in [3.8, 4) is 0 Å². The summed E-state index contributed by atoms with van der Waals surface area (Å²) in [6.45, 7) is 5.66. The van der Waals surface area contributed by atoms with Gasteiger partial charge in [0.2, 0.25) is 10.0 Å². The average Bonchev–Trinajstić information content (AvgIpc) is 3.27. The van der Waals surface area contributed by atoms with Gasteiger partial charge in [0.1, 0.15) is 0 Å². The molecule has 0 heterocycles. The molecule has 21 heavy (non-hydrogen) atoms. The van der Waals surface area contributed by atoms with Crippen molar-refractivity contribution < 1.29 is 8.42 Å². The molecule has 0 radical (unpaired) electrons. The number of nitrogens with zero attached hydrogens (tertiary/aromatic N) is 1. The summed E-state index contributed by atoms with van der Waals surface area (Å²) >= 11 is 3.41. The second-order valence-corrected chi connectivity index (χ2v) is 8.46. The Kier molecular flexibility index (Phi) is 5.46. The first-order valence-corrected chi connectivity index (χ1v) is 9.58. The van der Waals surface area contributed by atoms with Gasteiger partial charge in [-0.25, -0.2) is 8.42 Å². The summed E-state index contributed by atoms with van der Waals surface area (Å²) in [6.07, 6.45) is 2.26. The van der Waals surface area contributed by atoms with E-state index in [1.807, 2.05) is 26.0 Å². The molecule has 118 valence electrons. The summed E-state index contributed by atoms with van der Waals surface area (Å²) in [5.74, 6) is 0.511. The van der Waals surface area contributed by atoms with Crippen molar-refractivity contribution in [3.63, 3.8) is 0 Å². The Morgan fingerprint density at radius 2 is 2.10 bits per heavy atom. The van der Waals surface area contributed by atoms with Gasteiger partial charge < -0.3 is 5.32 Å². The van der Waals surface area contributed by atoms with Crippen molar-refractivity contribution in [2.24, 2.45) is 5.92 Å². The van der Waals surface area contributed by atoms with Gasteiger partial charge in [-0.15, -0.1) is 0 Å². The number of sulfonamides is 1. The first-order chi connectivity index (χ1) is 9.87. The van der Waals surface area contributed by atoms with E-state index in [0.29, 0.717) is 15.3 Å². The van der Waals surface area contributed by atoms with Crippen LogP contribution in [0.2, 0.25) is 0 Å². The van der Waals surface area contributed by atoms with Gasteiger partial charge in [0.25, 0.3) is 0 Å². The average molecular weight is 375 g/mol. The number of nitrogens with one attached hydrogen (secondary N) is 1. The second-order valence-electron chi connectivity index (χ2n) is 5.64. The van der Waals surface area contributed by atoms with Crippen LogP contribution in [0.1, 0.15) is 32.3 Å². The molecule has 0 aliphatic heterocycles.